The smallest absolute Gasteiger partial charge is 0.251 e. The highest BCUT2D eigenvalue weighted by Crippen LogP contribution is 2.09. The number of nitrogens with one attached hydrogen (secondary N) is 1. The summed E-state index contributed by atoms with van der Waals surface area (Å²) >= 11 is 0. The molecule has 0 saturated carbocycles. The van der Waals surface area contributed by atoms with E-state index in [1.807, 2.05) is 12.3 Å². The van der Waals surface area contributed by atoms with Crippen molar-refractivity contribution in [1.82, 2.24) is 15.1 Å². The molecule has 1 heterocycles. The summed E-state index contributed by atoms with van der Waals surface area (Å²) in [5, 5.41) is 6.81. The van der Waals surface area contributed by atoms with Gasteiger partial charge in [-0.3, -0.25) is 9.48 Å². The molecule has 2 rings (SSSR count). The van der Waals surface area contributed by atoms with Gasteiger partial charge in [0.15, 0.2) is 0 Å². The Hall–Kier alpha value is -2.17. The Kier molecular flexibility index (Phi) is 3.72. The highest BCUT2D eigenvalue weighted by molar-refractivity contribution is 5.95. The van der Waals surface area contributed by atoms with Gasteiger partial charge in [0.25, 0.3) is 5.91 Å². The molecule has 5 heteroatoms. The summed E-state index contributed by atoms with van der Waals surface area (Å²) in [4.78, 5) is 11.8. The van der Waals surface area contributed by atoms with Gasteiger partial charge in [-0.25, -0.2) is 4.39 Å². The zero-order valence-electron chi connectivity index (χ0n) is 10.1. The first-order valence-corrected chi connectivity index (χ1v) is 5.68. The van der Waals surface area contributed by atoms with Crippen LogP contribution < -0.4 is 5.32 Å². The standard InChI is InChI=1S/C13H14FN3O/c1-10-9-11(14)3-4-12(10)13(18)15-6-8-17-7-2-5-16-17/h2-5,7,9H,6,8H2,1H3,(H,15,18). The van der Waals surface area contributed by atoms with E-state index >= 15 is 0 Å². The molecule has 0 spiro atoms. The molecule has 2 aromatic rings. The number of carbonyl (C=O) groups is 1. The molecule has 0 saturated heterocycles. The monoisotopic (exact) mass is 247 g/mol. The normalized spacial score (nSPS) is 10.3. The minimum absolute atomic E-state index is 0.195. The summed E-state index contributed by atoms with van der Waals surface area (Å²) in [6.07, 6.45) is 3.52. The van der Waals surface area contributed by atoms with Crippen LogP contribution in [-0.2, 0) is 6.54 Å². The Morgan fingerprint density at radius 3 is 3.00 bits per heavy atom. The maximum Gasteiger partial charge on any atom is 0.251 e. The molecule has 1 amide bonds. The van der Waals surface area contributed by atoms with Gasteiger partial charge in [0.1, 0.15) is 5.82 Å². The maximum absolute atomic E-state index is 12.9. The number of aromatic nitrogens is 2. The zero-order valence-corrected chi connectivity index (χ0v) is 10.1. The zero-order chi connectivity index (χ0) is 13.0. The third-order valence-corrected chi connectivity index (χ3v) is 2.62. The first-order chi connectivity index (χ1) is 8.66. The average Bonchev–Trinajstić information content (AvgIpc) is 2.81. The van der Waals surface area contributed by atoms with E-state index in [4.69, 9.17) is 0 Å². The summed E-state index contributed by atoms with van der Waals surface area (Å²) in [5.74, 6) is -0.528. The molecule has 0 bridgehead atoms. The second-order valence-corrected chi connectivity index (χ2v) is 3.98. The van der Waals surface area contributed by atoms with Crippen LogP contribution in [-0.4, -0.2) is 22.2 Å². The van der Waals surface area contributed by atoms with Crippen LogP contribution in [0.2, 0.25) is 0 Å². The lowest BCUT2D eigenvalue weighted by Gasteiger charge is -2.07. The molecule has 0 fully saturated rings. The van der Waals surface area contributed by atoms with Crippen LogP contribution in [0.5, 0.6) is 0 Å². The van der Waals surface area contributed by atoms with E-state index in [1.165, 1.54) is 18.2 Å². The van der Waals surface area contributed by atoms with Gasteiger partial charge in [0, 0.05) is 24.5 Å². The van der Waals surface area contributed by atoms with Crippen LogP contribution in [0.15, 0.2) is 36.7 Å². The van der Waals surface area contributed by atoms with Crippen LogP contribution in [0.3, 0.4) is 0 Å². The summed E-state index contributed by atoms with van der Waals surface area (Å²) in [6.45, 7) is 2.81. The fraction of sp³-hybridized carbons (Fsp3) is 0.231. The summed E-state index contributed by atoms with van der Waals surface area (Å²) < 4.78 is 14.6. The number of nitrogens with zero attached hydrogens (tertiary/aromatic N) is 2. The Bertz CT molecular complexity index is 537. The van der Waals surface area contributed by atoms with Crippen molar-refractivity contribution in [2.75, 3.05) is 6.54 Å². The molecular formula is C13H14FN3O. The molecule has 4 nitrogen and oxygen atoms in total. The highest BCUT2D eigenvalue weighted by atomic mass is 19.1. The Morgan fingerprint density at radius 1 is 1.50 bits per heavy atom. The van der Waals surface area contributed by atoms with Crippen molar-refractivity contribution in [1.29, 1.82) is 0 Å². The van der Waals surface area contributed by atoms with Gasteiger partial charge in [-0.05, 0) is 36.8 Å². The van der Waals surface area contributed by atoms with E-state index in [2.05, 4.69) is 10.4 Å². The van der Waals surface area contributed by atoms with Gasteiger partial charge in [-0.1, -0.05) is 0 Å². The van der Waals surface area contributed by atoms with E-state index in [1.54, 1.807) is 17.8 Å². The van der Waals surface area contributed by atoms with Crippen LogP contribution in [0.4, 0.5) is 4.39 Å². The maximum atomic E-state index is 12.9. The van der Waals surface area contributed by atoms with E-state index in [9.17, 15) is 9.18 Å². The number of halogens is 1. The van der Waals surface area contributed by atoms with E-state index < -0.39 is 0 Å². The topological polar surface area (TPSA) is 46.9 Å². The van der Waals surface area contributed by atoms with Gasteiger partial charge >= 0.3 is 0 Å². The predicted molar refractivity (Wildman–Crippen MR) is 65.7 cm³/mol. The largest absolute Gasteiger partial charge is 0.350 e. The summed E-state index contributed by atoms with van der Waals surface area (Å²) in [7, 11) is 0. The van der Waals surface area contributed by atoms with Crippen molar-refractivity contribution in [2.24, 2.45) is 0 Å². The SMILES string of the molecule is Cc1cc(F)ccc1C(=O)NCCn1cccn1. The third-order valence-electron chi connectivity index (χ3n) is 2.62. The molecule has 1 N–H and O–H groups in total. The van der Waals surface area contributed by atoms with Crippen molar-refractivity contribution in [2.45, 2.75) is 13.5 Å². The second kappa shape index (κ2) is 5.44. The van der Waals surface area contributed by atoms with Gasteiger partial charge in [-0.15, -0.1) is 0 Å². The third kappa shape index (κ3) is 2.94. The quantitative estimate of drug-likeness (QED) is 0.894. The van der Waals surface area contributed by atoms with Crippen molar-refractivity contribution in [3.05, 3.63) is 53.6 Å². The number of hydrogen-bond donors (Lipinski definition) is 1. The molecule has 94 valence electrons. The summed E-state index contributed by atoms with van der Waals surface area (Å²) in [5.41, 5.74) is 1.13. The Balaban J connectivity index is 1.91. The van der Waals surface area contributed by atoms with E-state index in [0.29, 0.717) is 24.2 Å². The molecule has 0 radical (unpaired) electrons. The molecule has 1 aromatic carbocycles. The number of rotatable bonds is 4. The summed E-state index contributed by atoms with van der Waals surface area (Å²) in [6, 6.07) is 5.96. The molecule has 18 heavy (non-hydrogen) atoms. The number of amides is 1. The minimum atomic E-state index is -0.333. The number of benzene rings is 1. The van der Waals surface area contributed by atoms with Crippen LogP contribution >= 0.6 is 0 Å². The molecular weight excluding hydrogens is 233 g/mol. The van der Waals surface area contributed by atoms with Crippen molar-refractivity contribution in [3.8, 4) is 0 Å². The van der Waals surface area contributed by atoms with Crippen molar-refractivity contribution < 1.29 is 9.18 Å². The number of carbonyl (C=O) groups excluding carboxylic acids is 1. The molecule has 0 atom stereocenters. The van der Waals surface area contributed by atoms with Crippen LogP contribution in [0.1, 0.15) is 15.9 Å². The van der Waals surface area contributed by atoms with Crippen LogP contribution in [0, 0.1) is 12.7 Å². The lowest BCUT2D eigenvalue weighted by atomic mass is 10.1. The van der Waals surface area contributed by atoms with E-state index in [0.717, 1.165) is 0 Å². The van der Waals surface area contributed by atoms with E-state index in [-0.39, 0.29) is 11.7 Å². The molecule has 0 aliphatic heterocycles. The Morgan fingerprint density at radius 2 is 2.33 bits per heavy atom. The minimum Gasteiger partial charge on any atom is -0.350 e. The Labute approximate surface area is 104 Å². The fourth-order valence-electron chi connectivity index (χ4n) is 1.69. The van der Waals surface area contributed by atoms with Gasteiger partial charge < -0.3 is 5.32 Å². The molecule has 1 aromatic heterocycles. The highest BCUT2D eigenvalue weighted by Gasteiger charge is 2.08. The number of aryl methyl sites for hydroxylation is 1. The predicted octanol–water partition coefficient (Wildman–Crippen LogP) is 1.76. The van der Waals surface area contributed by atoms with Crippen molar-refractivity contribution in [3.63, 3.8) is 0 Å². The molecule has 0 aliphatic carbocycles. The first-order valence-electron chi connectivity index (χ1n) is 5.68. The van der Waals surface area contributed by atoms with Gasteiger partial charge in [0.2, 0.25) is 0 Å². The van der Waals surface area contributed by atoms with Gasteiger partial charge in [0.05, 0.1) is 6.54 Å². The lowest BCUT2D eigenvalue weighted by Crippen LogP contribution is -2.27. The average molecular weight is 247 g/mol. The fourth-order valence-corrected chi connectivity index (χ4v) is 1.69. The van der Waals surface area contributed by atoms with Crippen LogP contribution in [0.25, 0.3) is 0 Å². The molecule has 0 aliphatic rings. The van der Waals surface area contributed by atoms with Crippen molar-refractivity contribution >= 4 is 5.91 Å². The number of hydrogen-bond acceptors (Lipinski definition) is 2. The first kappa shape index (κ1) is 12.3. The lowest BCUT2D eigenvalue weighted by molar-refractivity contribution is 0.0951. The molecule has 0 unspecified atom stereocenters. The van der Waals surface area contributed by atoms with Gasteiger partial charge in [-0.2, -0.15) is 5.10 Å². The second-order valence-electron chi connectivity index (χ2n) is 3.98.